The van der Waals surface area contributed by atoms with Crippen LogP contribution in [0, 0.1) is 5.41 Å². The van der Waals surface area contributed by atoms with Crippen molar-refractivity contribution in [2.24, 2.45) is 16.9 Å². The third kappa shape index (κ3) is 3.51. The molecule has 0 bridgehead atoms. The molecule has 4 nitrogen and oxygen atoms in total. The monoisotopic (exact) mass is 297 g/mol. The third-order valence-corrected chi connectivity index (χ3v) is 4.09. The van der Waals surface area contributed by atoms with E-state index in [4.69, 9.17) is 11.5 Å². The number of amides is 1. The Morgan fingerprint density at radius 3 is 2.45 bits per heavy atom. The molecule has 1 fully saturated rings. The molecule has 2 rings (SSSR count). The molecule has 4 N–H and O–H groups in total. The van der Waals surface area contributed by atoms with Gasteiger partial charge in [0.1, 0.15) is 6.04 Å². The zero-order valence-electron chi connectivity index (χ0n) is 12.1. The number of carbonyl (C=O) groups excluding carboxylic acids is 1. The van der Waals surface area contributed by atoms with E-state index in [2.05, 4.69) is 18.7 Å². The number of carbonyl (C=O) groups is 1. The minimum absolute atomic E-state index is 0. The van der Waals surface area contributed by atoms with Gasteiger partial charge in [-0.15, -0.1) is 12.4 Å². The van der Waals surface area contributed by atoms with Gasteiger partial charge in [-0.2, -0.15) is 0 Å². The van der Waals surface area contributed by atoms with Gasteiger partial charge in [0.25, 0.3) is 0 Å². The van der Waals surface area contributed by atoms with Crippen LogP contribution >= 0.6 is 12.4 Å². The van der Waals surface area contributed by atoms with Crippen LogP contribution in [-0.4, -0.2) is 29.9 Å². The molecule has 0 saturated carbocycles. The molecular formula is C15H24ClN3O. The van der Waals surface area contributed by atoms with Crippen molar-refractivity contribution in [3.8, 4) is 0 Å². The first kappa shape index (κ1) is 17.0. The zero-order valence-corrected chi connectivity index (χ0v) is 12.9. The summed E-state index contributed by atoms with van der Waals surface area (Å²) in [5.41, 5.74) is 12.7. The summed E-state index contributed by atoms with van der Waals surface area (Å²) in [7, 11) is 0. The van der Waals surface area contributed by atoms with Crippen LogP contribution in [0.4, 0.5) is 0 Å². The molecule has 112 valence electrons. The molecule has 20 heavy (non-hydrogen) atoms. The Kier molecular flexibility index (Phi) is 5.57. The summed E-state index contributed by atoms with van der Waals surface area (Å²) in [4.78, 5) is 14.0. The van der Waals surface area contributed by atoms with Crippen LogP contribution in [0.25, 0.3) is 0 Å². The maximum absolute atomic E-state index is 11.8. The molecule has 0 aromatic heterocycles. The van der Waals surface area contributed by atoms with Gasteiger partial charge in [-0.25, -0.2) is 0 Å². The number of rotatable bonds is 3. The zero-order chi connectivity index (χ0) is 14.0. The number of primary amides is 1. The van der Waals surface area contributed by atoms with E-state index in [0.717, 1.165) is 25.1 Å². The van der Waals surface area contributed by atoms with Crippen LogP contribution in [-0.2, 0) is 4.79 Å². The lowest BCUT2D eigenvalue weighted by atomic mass is 9.79. The van der Waals surface area contributed by atoms with Crippen molar-refractivity contribution in [1.82, 2.24) is 4.90 Å². The predicted molar refractivity (Wildman–Crippen MR) is 83.6 cm³/mol. The van der Waals surface area contributed by atoms with E-state index >= 15 is 0 Å². The number of nitrogens with zero attached hydrogens (tertiary/aromatic N) is 1. The van der Waals surface area contributed by atoms with E-state index in [1.165, 1.54) is 0 Å². The molecule has 2 atom stereocenters. The average Bonchev–Trinajstić information content (AvgIpc) is 2.34. The molecule has 5 heteroatoms. The van der Waals surface area contributed by atoms with Crippen LogP contribution in [0.15, 0.2) is 30.3 Å². The van der Waals surface area contributed by atoms with Gasteiger partial charge in [0.15, 0.2) is 0 Å². The predicted octanol–water partition coefficient (Wildman–Crippen LogP) is 1.69. The van der Waals surface area contributed by atoms with Gasteiger partial charge in [0, 0.05) is 19.1 Å². The van der Waals surface area contributed by atoms with E-state index in [1.807, 2.05) is 30.3 Å². The smallest absolute Gasteiger partial charge is 0.239 e. The number of piperidine rings is 1. The summed E-state index contributed by atoms with van der Waals surface area (Å²) < 4.78 is 0. The molecule has 0 spiro atoms. The van der Waals surface area contributed by atoms with Gasteiger partial charge in [-0.1, -0.05) is 44.2 Å². The molecule has 1 amide bonds. The summed E-state index contributed by atoms with van der Waals surface area (Å²) in [6.45, 7) is 5.89. The normalized spacial score (nSPS) is 23.6. The van der Waals surface area contributed by atoms with Gasteiger partial charge in [0.2, 0.25) is 5.91 Å². The second-order valence-corrected chi connectivity index (χ2v) is 6.07. The molecule has 1 aromatic rings. The van der Waals surface area contributed by atoms with Gasteiger partial charge in [-0.3, -0.25) is 9.69 Å². The first-order chi connectivity index (χ1) is 8.92. The van der Waals surface area contributed by atoms with E-state index in [-0.39, 0.29) is 35.8 Å². The summed E-state index contributed by atoms with van der Waals surface area (Å²) >= 11 is 0. The topological polar surface area (TPSA) is 72.3 Å². The Labute approximate surface area is 126 Å². The van der Waals surface area contributed by atoms with Gasteiger partial charge >= 0.3 is 0 Å². The Morgan fingerprint density at radius 2 is 1.95 bits per heavy atom. The fourth-order valence-electron chi connectivity index (χ4n) is 2.83. The number of benzene rings is 1. The van der Waals surface area contributed by atoms with Gasteiger partial charge in [0.05, 0.1) is 0 Å². The van der Waals surface area contributed by atoms with Crippen molar-refractivity contribution >= 4 is 18.3 Å². The first-order valence-corrected chi connectivity index (χ1v) is 6.76. The maximum atomic E-state index is 11.8. The van der Waals surface area contributed by atoms with Crippen LogP contribution < -0.4 is 11.5 Å². The van der Waals surface area contributed by atoms with E-state index < -0.39 is 0 Å². The fraction of sp³-hybridized carbons (Fsp3) is 0.533. The summed E-state index contributed by atoms with van der Waals surface area (Å²) in [5, 5.41) is 0. The lowest BCUT2D eigenvalue weighted by Crippen LogP contribution is -2.54. The second-order valence-electron chi connectivity index (χ2n) is 6.07. The fourth-order valence-corrected chi connectivity index (χ4v) is 2.83. The standard InChI is InChI=1S/C15H23N3O.ClH/c1-15(2)10-18(9-8-12(15)16)13(14(17)19)11-6-4-3-5-7-11;/h3-7,12-13H,8-10,16H2,1-2H3,(H2,17,19);1H. The molecule has 0 radical (unpaired) electrons. The van der Waals surface area contributed by atoms with Crippen LogP contribution in [0.3, 0.4) is 0 Å². The molecule has 1 aromatic carbocycles. The number of halogens is 1. The highest BCUT2D eigenvalue weighted by atomic mass is 35.5. The van der Waals surface area contributed by atoms with Gasteiger partial charge in [-0.05, 0) is 17.4 Å². The van der Waals surface area contributed by atoms with E-state index in [9.17, 15) is 4.79 Å². The quantitative estimate of drug-likeness (QED) is 0.892. The van der Waals surface area contributed by atoms with Crippen LogP contribution in [0.2, 0.25) is 0 Å². The van der Waals surface area contributed by atoms with Crippen molar-refractivity contribution in [1.29, 1.82) is 0 Å². The lowest BCUT2D eigenvalue weighted by Gasteiger charge is -2.45. The number of likely N-dealkylation sites (tertiary alicyclic amines) is 1. The number of nitrogens with two attached hydrogens (primary N) is 2. The minimum Gasteiger partial charge on any atom is -0.368 e. The Hall–Kier alpha value is -1.10. The molecule has 2 unspecified atom stereocenters. The summed E-state index contributed by atoms with van der Waals surface area (Å²) in [5.74, 6) is -0.294. The lowest BCUT2D eigenvalue weighted by molar-refractivity contribution is -0.125. The van der Waals surface area contributed by atoms with Crippen LogP contribution in [0.1, 0.15) is 31.9 Å². The molecule has 1 aliphatic heterocycles. The van der Waals surface area contributed by atoms with Crippen LogP contribution in [0.5, 0.6) is 0 Å². The first-order valence-electron chi connectivity index (χ1n) is 6.76. The second kappa shape index (κ2) is 6.57. The summed E-state index contributed by atoms with van der Waals surface area (Å²) in [6, 6.07) is 9.55. The molecule has 1 heterocycles. The van der Waals surface area contributed by atoms with Crippen molar-refractivity contribution in [3.05, 3.63) is 35.9 Å². The highest BCUT2D eigenvalue weighted by Gasteiger charge is 2.38. The Bertz CT molecular complexity index is 450. The van der Waals surface area contributed by atoms with E-state index in [1.54, 1.807) is 0 Å². The van der Waals surface area contributed by atoms with Crippen molar-refractivity contribution in [2.75, 3.05) is 13.1 Å². The Balaban J connectivity index is 0.00000200. The van der Waals surface area contributed by atoms with Crippen molar-refractivity contribution in [3.63, 3.8) is 0 Å². The third-order valence-electron chi connectivity index (χ3n) is 4.09. The molecular weight excluding hydrogens is 274 g/mol. The van der Waals surface area contributed by atoms with Crippen molar-refractivity contribution in [2.45, 2.75) is 32.4 Å². The molecule has 1 aliphatic rings. The highest BCUT2D eigenvalue weighted by molar-refractivity contribution is 5.85. The summed E-state index contributed by atoms with van der Waals surface area (Å²) in [6.07, 6.45) is 0.892. The Morgan fingerprint density at radius 1 is 1.35 bits per heavy atom. The highest BCUT2D eigenvalue weighted by Crippen LogP contribution is 2.32. The maximum Gasteiger partial charge on any atom is 0.239 e. The number of hydrogen-bond donors (Lipinski definition) is 2. The largest absolute Gasteiger partial charge is 0.368 e. The average molecular weight is 298 g/mol. The molecule has 0 aliphatic carbocycles. The number of hydrogen-bond acceptors (Lipinski definition) is 3. The minimum atomic E-state index is -0.354. The molecule has 1 saturated heterocycles. The SMILES string of the molecule is CC1(C)CN(C(C(N)=O)c2ccccc2)CCC1N.Cl. The van der Waals surface area contributed by atoms with E-state index in [0.29, 0.717) is 0 Å². The van der Waals surface area contributed by atoms with Gasteiger partial charge < -0.3 is 11.5 Å². The van der Waals surface area contributed by atoms with Crippen molar-refractivity contribution < 1.29 is 4.79 Å².